The first-order valence-electron chi connectivity index (χ1n) is 5.45. The number of rotatable bonds is 5. The van der Waals surface area contributed by atoms with Gasteiger partial charge in [-0.2, -0.15) is 0 Å². The molecule has 0 aliphatic rings. The van der Waals surface area contributed by atoms with Crippen LogP contribution in [-0.2, 0) is 0 Å². The molecule has 0 unspecified atom stereocenters. The molecule has 0 saturated carbocycles. The molecule has 3 heteroatoms. The zero-order valence-electron chi connectivity index (χ0n) is 9.65. The molecule has 3 nitrogen and oxygen atoms in total. The summed E-state index contributed by atoms with van der Waals surface area (Å²) in [4.78, 5) is 13.9. The van der Waals surface area contributed by atoms with Crippen molar-refractivity contribution in [3.8, 4) is 0 Å². The number of carbonyl (C=O) groups is 1. The van der Waals surface area contributed by atoms with Gasteiger partial charge in [-0.05, 0) is 18.6 Å². The molecule has 1 amide bonds. The molecule has 1 aromatic carbocycles. The third-order valence-electron chi connectivity index (χ3n) is 2.32. The average Bonchev–Trinajstić information content (AvgIpc) is 2.28. The number of hydrogen-bond donors (Lipinski definition) is 1. The van der Waals surface area contributed by atoms with Gasteiger partial charge >= 0.3 is 0 Å². The van der Waals surface area contributed by atoms with Crippen molar-refractivity contribution in [1.82, 2.24) is 4.90 Å². The maximum Gasteiger partial charge on any atom is 0.256 e. The lowest BCUT2D eigenvalue weighted by molar-refractivity contribution is 0.0775. The third kappa shape index (κ3) is 2.86. The van der Waals surface area contributed by atoms with Crippen molar-refractivity contribution in [3.05, 3.63) is 42.5 Å². The molecule has 0 aliphatic carbocycles. The van der Waals surface area contributed by atoms with E-state index in [2.05, 4.69) is 6.58 Å². The normalized spacial score (nSPS) is 9.81. The first kappa shape index (κ1) is 12.3. The highest BCUT2D eigenvalue weighted by Crippen LogP contribution is 2.13. The fourth-order valence-electron chi connectivity index (χ4n) is 1.56. The number of amides is 1. The molecule has 2 N–H and O–H groups in total. The second-order valence-electron chi connectivity index (χ2n) is 3.63. The predicted octanol–water partition coefficient (Wildman–Crippen LogP) is 2.31. The minimum absolute atomic E-state index is 0.0279. The van der Waals surface area contributed by atoms with Crippen LogP contribution < -0.4 is 5.73 Å². The molecular weight excluding hydrogens is 200 g/mol. The lowest BCUT2D eigenvalue weighted by Crippen LogP contribution is -2.32. The van der Waals surface area contributed by atoms with Crippen LogP contribution in [0.2, 0.25) is 0 Å². The molecule has 0 bridgehead atoms. The van der Waals surface area contributed by atoms with Gasteiger partial charge in [0, 0.05) is 18.8 Å². The lowest BCUT2D eigenvalue weighted by atomic mass is 10.1. The Morgan fingerprint density at radius 2 is 2.19 bits per heavy atom. The summed E-state index contributed by atoms with van der Waals surface area (Å²) in [5, 5.41) is 0. The second kappa shape index (κ2) is 5.95. The first-order chi connectivity index (χ1) is 7.70. The number of nitrogens with two attached hydrogens (primary N) is 1. The van der Waals surface area contributed by atoms with E-state index < -0.39 is 0 Å². The second-order valence-corrected chi connectivity index (χ2v) is 3.63. The lowest BCUT2D eigenvalue weighted by Gasteiger charge is -2.21. The minimum atomic E-state index is -0.0279. The van der Waals surface area contributed by atoms with Crippen LogP contribution >= 0.6 is 0 Å². The van der Waals surface area contributed by atoms with E-state index in [-0.39, 0.29) is 5.91 Å². The smallest absolute Gasteiger partial charge is 0.256 e. The molecule has 0 radical (unpaired) electrons. The Balaban J connectivity index is 2.89. The van der Waals surface area contributed by atoms with Gasteiger partial charge in [0.2, 0.25) is 0 Å². The maximum absolute atomic E-state index is 12.1. The quantitative estimate of drug-likeness (QED) is 0.609. The van der Waals surface area contributed by atoms with Gasteiger partial charge in [-0.3, -0.25) is 4.79 Å². The van der Waals surface area contributed by atoms with Gasteiger partial charge in [0.25, 0.3) is 5.91 Å². The number of benzene rings is 1. The molecule has 0 fully saturated rings. The van der Waals surface area contributed by atoms with E-state index in [4.69, 9.17) is 5.73 Å². The summed E-state index contributed by atoms with van der Waals surface area (Å²) in [6.45, 7) is 6.97. The number of para-hydroxylation sites is 1. The van der Waals surface area contributed by atoms with Crippen molar-refractivity contribution in [1.29, 1.82) is 0 Å². The van der Waals surface area contributed by atoms with Gasteiger partial charge in [0.15, 0.2) is 0 Å². The highest BCUT2D eigenvalue weighted by Gasteiger charge is 2.15. The number of anilines is 1. The Labute approximate surface area is 96.6 Å². The molecule has 0 aliphatic heterocycles. The van der Waals surface area contributed by atoms with Crippen LogP contribution in [0.5, 0.6) is 0 Å². The standard InChI is InChI=1S/C13H18N2O/c1-3-9-15(10-4-2)13(16)11-7-5-6-8-12(11)14/h3,5-8H,1,4,9-10,14H2,2H3. The van der Waals surface area contributed by atoms with Crippen molar-refractivity contribution in [3.63, 3.8) is 0 Å². The molecular formula is C13H18N2O. The SMILES string of the molecule is C=CCN(CCC)C(=O)c1ccccc1N. The molecule has 0 heterocycles. The van der Waals surface area contributed by atoms with Crippen LogP contribution in [-0.4, -0.2) is 23.9 Å². The fourth-order valence-corrected chi connectivity index (χ4v) is 1.56. The van der Waals surface area contributed by atoms with Crippen molar-refractivity contribution in [2.75, 3.05) is 18.8 Å². The molecule has 0 aromatic heterocycles. The number of nitrogen functional groups attached to an aromatic ring is 1. The Morgan fingerprint density at radius 1 is 1.50 bits per heavy atom. The third-order valence-corrected chi connectivity index (χ3v) is 2.32. The fraction of sp³-hybridized carbons (Fsp3) is 0.308. The molecule has 16 heavy (non-hydrogen) atoms. The van der Waals surface area contributed by atoms with Crippen molar-refractivity contribution in [2.45, 2.75) is 13.3 Å². The Bertz CT molecular complexity index is 374. The largest absolute Gasteiger partial charge is 0.398 e. The summed E-state index contributed by atoms with van der Waals surface area (Å²) >= 11 is 0. The summed E-state index contributed by atoms with van der Waals surface area (Å²) in [5.41, 5.74) is 6.87. The summed E-state index contributed by atoms with van der Waals surface area (Å²) in [6.07, 6.45) is 2.65. The van der Waals surface area contributed by atoms with Crippen LogP contribution in [0.25, 0.3) is 0 Å². The van der Waals surface area contributed by atoms with Gasteiger partial charge in [0.05, 0.1) is 5.56 Å². The van der Waals surface area contributed by atoms with Gasteiger partial charge in [-0.1, -0.05) is 25.1 Å². The van der Waals surface area contributed by atoms with E-state index in [1.807, 2.05) is 19.1 Å². The molecule has 0 saturated heterocycles. The van der Waals surface area contributed by atoms with Crippen LogP contribution in [0.4, 0.5) is 5.69 Å². The number of hydrogen-bond acceptors (Lipinski definition) is 2. The minimum Gasteiger partial charge on any atom is -0.398 e. The highest BCUT2D eigenvalue weighted by atomic mass is 16.2. The van der Waals surface area contributed by atoms with E-state index in [0.29, 0.717) is 17.8 Å². The van der Waals surface area contributed by atoms with Gasteiger partial charge in [-0.25, -0.2) is 0 Å². The van der Waals surface area contributed by atoms with Gasteiger partial charge < -0.3 is 10.6 Å². The molecule has 86 valence electrons. The average molecular weight is 218 g/mol. The predicted molar refractivity (Wildman–Crippen MR) is 67.2 cm³/mol. The Kier molecular flexibility index (Phi) is 4.58. The molecule has 0 spiro atoms. The summed E-state index contributed by atoms with van der Waals surface area (Å²) in [5.74, 6) is -0.0279. The zero-order valence-corrected chi connectivity index (χ0v) is 9.65. The van der Waals surface area contributed by atoms with E-state index in [9.17, 15) is 4.79 Å². The number of carbonyl (C=O) groups excluding carboxylic acids is 1. The van der Waals surface area contributed by atoms with Crippen LogP contribution in [0.15, 0.2) is 36.9 Å². The van der Waals surface area contributed by atoms with Crippen molar-refractivity contribution < 1.29 is 4.79 Å². The van der Waals surface area contributed by atoms with Crippen LogP contribution in [0, 0.1) is 0 Å². The maximum atomic E-state index is 12.1. The monoisotopic (exact) mass is 218 g/mol. The van der Waals surface area contributed by atoms with Gasteiger partial charge in [-0.15, -0.1) is 6.58 Å². The van der Waals surface area contributed by atoms with E-state index in [1.165, 1.54) is 0 Å². The van der Waals surface area contributed by atoms with Crippen molar-refractivity contribution in [2.24, 2.45) is 0 Å². The summed E-state index contributed by atoms with van der Waals surface area (Å²) in [7, 11) is 0. The van der Waals surface area contributed by atoms with E-state index in [0.717, 1.165) is 13.0 Å². The van der Waals surface area contributed by atoms with E-state index in [1.54, 1.807) is 23.1 Å². The summed E-state index contributed by atoms with van der Waals surface area (Å²) < 4.78 is 0. The first-order valence-corrected chi connectivity index (χ1v) is 5.45. The Morgan fingerprint density at radius 3 is 2.75 bits per heavy atom. The molecule has 1 rings (SSSR count). The Hall–Kier alpha value is -1.77. The summed E-state index contributed by atoms with van der Waals surface area (Å²) in [6, 6.07) is 7.14. The van der Waals surface area contributed by atoms with Crippen LogP contribution in [0.3, 0.4) is 0 Å². The van der Waals surface area contributed by atoms with Crippen LogP contribution in [0.1, 0.15) is 23.7 Å². The highest BCUT2D eigenvalue weighted by molar-refractivity contribution is 5.99. The van der Waals surface area contributed by atoms with Gasteiger partial charge in [0.1, 0.15) is 0 Å². The molecule has 1 aromatic rings. The zero-order chi connectivity index (χ0) is 12.0. The van der Waals surface area contributed by atoms with E-state index >= 15 is 0 Å². The number of nitrogens with zero attached hydrogens (tertiary/aromatic N) is 1. The van der Waals surface area contributed by atoms with Crippen molar-refractivity contribution >= 4 is 11.6 Å². The molecule has 0 atom stereocenters. The topological polar surface area (TPSA) is 46.3 Å².